The Labute approximate surface area is 141 Å². The largest absolute Gasteiger partial charge is 0.478 e. The van der Waals surface area contributed by atoms with E-state index in [9.17, 15) is 18.3 Å². The number of hydrogen-bond donors (Lipinski definition) is 1. The van der Waals surface area contributed by atoms with Gasteiger partial charge in [0.2, 0.25) is 10.0 Å². The number of hydrogen-bond acceptors (Lipinski definition) is 4. The minimum absolute atomic E-state index is 0.0170. The van der Waals surface area contributed by atoms with Crippen molar-refractivity contribution in [2.75, 3.05) is 7.05 Å². The molecule has 1 unspecified atom stereocenters. The van der Waals surface area contributed by atoms with Crippen LogP contribution in [0.1, 0.15) is 40.0 Å². The van der Waals surface area contributed by atoms with Crippen LogP contribution < -0.4 is 0 Å². The summed E-state index contributed by atoms with van der Waals surface area (Å²) >= 11 is 0. The third-order valence-corrected chi connectivity index (χ3v) is 6.31. The van der Waals surface area contributed by atoms with Crippen molar-refractivity contribution in [2.45, 2.75) is 31.7 Å². The van der Waals surface area contributed by atoms with Crippen LogP contribution in [0.25, 0.3) is 0 Å². The summed E-state index contributed by atoms with van der Waals surface area (Å²) in [5.41, 5.74) is 1.94. The lowest BCUT2D eigenvalue weighted by atomic mass is 10.1. The van der Waals surface area contributed by atoms with Gasteiger partial charge in [-0.3, -0.25) is 4.98 Å². The summed E-state index contributed by atoms with van der Waals surface area (Å²) in [6.45, 7) is 5.15. The number of carboxylic acid groups (broad SMARTS) is 1. The van der Waals surface area contributed by atoms with Gasteiger partial charge < -0.3 is 5.11 Å². The van der Waals surface area contributed by atoms with Crippen LogP contribution in [0, 0.1) is 13.8 Å². The Morgan fingerprint density at radius 3 is 2.33 bits per heavy atom. The average Bonchev–Trinajstić information content (AvgIpc) is 2.56. The molecular formula is C17H20N2O4S. The number of aromatic nitrogens is 1. The van der Waals surface area contributed by atoms with Gasteiger partial charge in [-0.05, 0) is 61.7 Å². The Morgan fingerprint density at radius 2 is 1.79 bits per heavy atom. The smallest absolute Gasteiger partial charge is 0.335 e. The predicted molar refractivity (Wildman–Crippen MR) is 90.5 cm³/mol. The van der Waals surface area contributed by atoms with E-state index in [0.717, 1.165) is 5.56 Å². The van der Waals surface area contributed by atoms with Crippen molar-refractivity contribution in [1.29, 1.82) is 0 Å². The minimum atomic E-state index is -3.85. The molecule has 1 heterocycles. The molecule has 0 bridgehead atoms. The van der Waals surface area contributed by atoms with Gasteiger partial charge in [0.05, 0.1) is 10.5 Å². The lowest BCUT2D eigenvalue weighted by Crippen LogP contribution is -2.30. The van der Waals surface area contributed by atoms with Crippen LogP contribution in [-0.2, 0) is 10.0 Å². The molecular weight excluding hydrogens is 328 g/mol. The summed E-state index contributed by atoms with van der Waals surface area (Å²) in [6.07, 6.45) is 3.21. The van der Waals surface area contributed by atoms with Gasteiger partial charge in [0.15, 0.2) is 0 Å². The van der Waals surface area contributed by atoms with E-state index in [1.807, 2.05) is 0 Å². The molecule has 0 aliphatic rings. The van der Waals surface area contributed by atoms with E-state index in [1.165, 1.54) is 23.5 Å². The summed E-state index contributed by atoms with van der Waals surface area (Å²) < 4.78 is 27.3. The molecule has 1 aromatic heterocycles. The first kappa shape index (κ1) is 18.1. The van der Waals surface area contributed by atoms with Crippen molar-refractivity contribution in [3.63, 3.8) is 0 Å². The number of carboxylic acids is 1. The van der Waals surface area contributed by atoms with E-state index < -0.39 is 22.0 Å². The monoisotopic (exact) mass is 348 g/mol. The first-order chi connectivity index (χ1) is 11.2. The van der Waals surface area contributed by atoms with Gasteiger partial charge in [-0.25, -0.2) is 13.2 Å². The zero-order valence-electron chi connectivity index (χ0n) is 14.0. The maximum atomic E-state index is 13.0. The molecule has 1 aromatic carbocycles. The zero-order valence-corrected chi connectivity index (χ0v) is 14.8. The highest BCUT2D eigenvalue weighted by Gasteiger charge is 2.29. The van der Waals surface area contributed by atoms with E-state index in [-0.39, 0.29) is 10.5 Å². The fraction of sp³-hybridized carbons (Fsp3) is 0.294. The molecule has 0 saturated carbocycles. The third kappa shape index (κ3) is 3.32. The Kier molecular flexibility index (Phi) is 5.05. The van der Waals surface area contributed by atoms with Crippen molar-refractivity contribution in [3.05, 3.63) is 58.9 Å². The molecule has 2 aromatic rings. The van der Waals surface area contributed by atoms with Crippen molar-refractivity contribution < 1.29 is 18.3 Å². The summed E-state index contributed by atoms with van der Waals surface area (Å²) in [5.74, 6) is -1.15. The first-order valence-corrected chi connectivity index (χ1v) is 8.82. The van der Waals surface area contributed by atoms with E-state index in [1.54, 1.807) is 45.3 Å². The highest BCUT2D eigenvalue weighted by Crippen LogP contribution is 2.29. The van der Waals surface area contributed by atoms with Gasteiger partial charge in [0, 0.05) is 25.5 Å². The number of pyridine rings is 1. The Hall–Kier alpha value is -2.25. The first-order valence-electron chi connectivity index (χ1n) is 7.38. The molecule has 0 saturated heterocycles. The van der Waals surface area contributed by atoms with Crippen LogP contribution in [0.2, 0.25) is 0 Å². The number of benzene rings is 1. The van der Waals surface area contributed by atoms with Gasteiger partial charge in [-0.1, -0.05) is 0 Å². The van der Waals surface area contributed by atoms with Gasteiger partial charge in [0.25, 0.3) is 0 Å². The number of carbonyl (C=O) groups is 1. The lowest BCUT2D eigenvalue weighted by Gasteiger charge is -2.26. The van der Waals surface area contributed by atoms with Crippen LogP contribution in [0.15, 0.2) is 41.6 Å². The van der Waals surface area contributed by atoms with E-state index >= 15 is 0 Å². The summed E-state index contributed by atoms with van der Waals surface area (Å²) in [5, 5.41) is 9.20. The van der Waals surface area contributed by atoms with Gasteiger partial charge >= 0.3 is 5.97 Å². The van der Waals surface area contributed by atoms with E-state index in [4.69, 9.17) is 0 Å². The summed E-state index contributed by atoms with van der Waals surface area (Å²) in [7, 11) is -2.36. The normalized spacial score (nSPS) is 13.0. The second-order valence-electron chi connectivity index (χ2n) is 5.70. The Morgan fingerprint density at radius 1 is 1.21 bits per heavy atom. The van der Waals surface area contributed by atoms with Crippen LogP contribution in [0.3, 0.4) is 0 Å². The Balaban J connectivity index is 2.52. The second kappa shape index (κ2) is 6.70. The number of aromatic carboxylic acids is 1. The molecule has 0 aliphatic carbocycles. The quantitative estimate of drug-likeness (QED) is 0.898. The maximum Gasteiger partial charge on any atom is 0.335 e. The molecule has 1 atom stereocenters. The molecule has 128 valence electrons. The number of sulfonamides is 1. The average molecular weight is 348 g/mol. The van der Waals surface area contributed by atoms with Crippen molar-refractivity contribution >= 4 is 16.0 Å². The van der Waals surface area contributed by atoms with Crippen LogP contribution >= 0.6 is 0 Å². The van der Waals surface area contributed by atoms with Gasteiger partial charge in [-0.2, -0.15) is 4.31 Å². The topological polar surface area (TPSA) is 87.6 Å². The standard InChI is InChI=1S/C17H20N2O4S/c1-11-9-15(17(20)21)10-16(12(11)2)24(22,23)19(4)13(3)14-5-7-18-8-6-14/h5-10,13H,1-4H3,(H,20,21). The molecule has 24 heavy (non-hydrogen) atoms. The van der Waals surface area contributed by atoms with Crippen LogP contribution in [-0.4, -0.2) is 35.8 Å². The SMILES string of the molecule is Cc1cc(C(=O)O)cc(S(=O)(=O)N(C)C(C)c2ccncc2)c1C. The van der Waals surface area contributed by atoms with Crippen molar-refractivity contribution in [1.82, 2.24) is 9.29 Å². The van der Waals surface area contributed by atoms with Crippen LogP contribution in [0.5, 0.6) is 0 Å². The predicted octanol–water partition coefficient (Wildman–Crippen LogP) is 2.78. The zero-order chi connectivity index (χ0) is 18.1. The summed E-state index contributed by atoms with van der Waals surface area (Å²) in [6, 6.07) is 5.79. The second-order valence-corrected chi connectivity index (χ2v) is 7.67. The molecule has 0 spiro atoms. The van der Waals surface area contributed by atoms with Crippen molar-refractivity contribution in [2.24, 2.45) is 0 Å². The molecule has 0 fully saturated rings. The fourth-order valence-corrected chi connectivity index (χ4v) is 4.11. The highest BCUT2D eigenvalue weighted by atomic mass is 32.2. The van der Waals surface area contributed by atoms with E-state index in [0.29, 0.717) is 11.1 Å². The lowest BCUT2D eigenvalue weighted by molar-refractivity contribution is 0.0696. The molecule has 0 amide bonds. The molecule has 0 radical (unpaired) electrons. The Bertz CT molecular complexity index is 864. The number of aryl methyl sites for hydroxylation is 1. The number of rotatable bonds is 5. The molecule has 1 N–H and O–H groups in total. The van der Waals surface area contributed by atoms with Crippen molar-refractivity contribution in [3.8, 4) is 0 Å². The fourth-order valence-electron chi connectivity index (χ4n) is 2.43. The summed E-state index contributed by atoms with van der Waals surface area (Å²) in [4.78, 5) is 15.2. The van der Waals surface area contributed by atoms with Gasteiger partial charge in [-0.15, -0.1) is 0 Å². The van der Waals surface area contributed by atoms with Gasteiger partial charge in [0.1, 0.15) is 0 Å². The highest BCUT2D eigenvalue weighted by molar-refractivity contribution is 7.89. The van der Waals surface area contributed by atoms with E-state index in [2.05, 4.69) is 4.98 Å². The molecule has 0 aliphatic heterocycles. The number of nitrogens with zero attached hydrogens (tertiary/aromatic N) is 2. The maximum absolute atomic E-state index is 13.0. The molecule has 6 nitrogen and oxygen atoms in total. The minimum Gasteiger partial charge on any atom is -0.478 e. The van der Waals surface area contributed by atoms with Crippen LogP contribution in [0.4, 0.5) is 0 Å². The molecule has 2 rings (SSSR count). The molecule has 7 heteroatoms. The third-order valence-electron chi connectivity index (χ3n) is 4.26.